The van der Waals surface area contributed by atoms with E-state index in [2.05, 4.69) is 13.8 Å². The molecule has 0 saturated heterocycles. The maximum Gasteiger partial charge on any atom is 0.133 e. The summed E-state index contributed by atoms with van der Waals surface area (Å²) in [7, 11) is -0.450. The van der Waals surface area contributed by atoms with Crippen LogP contribution in [0, 0.1) is 5.92 Å². The average molecular weight is 222 g/mol. The van der Waals surface area contributed by atoms with Gasteiger partial charge >= 0.3 is 0 Å². The smallest absolute Gasteiger partial charge is 0.133 e. The first kappa shape index (κ1) is 10.5. The van der Waals surface area contributed by atoms with Crippen LogP contribution in [0.5, 0.6) is 0 Å². The zero-order valence-electron chi connectivity index (χ0n) is 9.01. The van der Waals surface area contributed by atoms with E-state index in [0.29, 0.717) is 5.92 Å². The van der Waals surface area contributed by atoms with Crippen LogP contribution in [0.1, 0.15) is 13.8 Å². The molecule has 80 valence electrons. The second-order valence-corrected chi connectivity index (χ2v) is 6.01. The summed E-state index contributed by atoms with van der Waals surface area (Å²) in [6, 6.07) is 7.95. The van der Waals surface area contributed by atoms with Crippen molar-refractivity contribution in [3.05, 3.63) is 36.8 Å². The molecule has 0 fully saturated rings. The molecule has 0 aliphatic heterocycles. The maximum atomic E-state index is 5.49. The molecule has 0 radical (unpaired) electrons. The highest BCUT2D eigenvalue weighted by Gasteiger charge is 2.20. The van der Waals surface area contributed by atoms with Crippen LogP contribution in [0.3, 0.4) is 0 Å². The fourth-order valence-electron chi connectivity index (χ4n) is 1.50. The van der Waals surface area contributed by atoms with Gasteiger partial charge in [-0.1, -0.05) is 13.8 Å². The van der Waals surface area contributed by atoms with Crippen molar-refractivity contribution < 1.29 is 8.83 Å². The van der Waals surface area contributed by atoms with Crippen LogP contribution in [0.15, 0.2) is 45.6 Å². The summed E-state index contributed by atoms with van der Waals surface area (Å²) >= 11 is 0. The van der Waals surface area contributed by atoms with E-state index in [0.717, 1.165) is 17.2 Å². The molecule has 15 heavy (non-hydrogen) atoms. The minimum atomic E-state index is -0.450. The third kappa shape index (κ3) is 2.51. The standard InChI is InChI=1S/C12H15O2P/c1-10(2)9-15(11-5-3-7-13-11)12-6-4-8-14-12/h3-8,10H,9H2,1-2H3. The van der Waals surface area contributed by atoms with Crippen LogP contribution in [0.4, 0.5) is 0 Å². The lowest BCUT2D eigenvalue weighted by Crippen LogP contribution is -2.13. The van der Waals surface area contributed by atoms with E-state index in [4.69, 9.17) is 8.83 Å². The number of hydrogen-bond acceptors (Lipinski definition) is 2. The van der Waals surface area contributed by atoms with E-state index in [1.54, 1.807) is 12.5 Å². The van der Waals surface area contributed by atoms with Gasteiger partial charge in [-0.05, 0) is 36.3 Å². The average Bonchev–Trinajstić information content (AvgIpc) is 2.87. The van der Waals surface area contributed by atoms with Crippen LogP contribution < -0.4 is 11.0 Å². The van der Waals surface area contributed by atoms with Crippen LogP contribution in [-0.2, 0) is 0 Å². The van der Waals surface area contributed by atoms with Crippen molar-refractivity contribution >= 4 is 18.9 Å². The summed E-state index contributed by atoms with van der Waals surface area (Å²) in [5.74, 6) is 0.645. The lowest BCUT2D eigenvalue weighted by molar-refractivity contribution is 0.590. The van der Waals surface area contributed by atoms with E-state index in [9.17, 15) is 0 Å². The molecule has 0 aliphatic rings. The van der Waals surface area contributed by atoms with Gasteiger partial charge in [0.1, 0.15) is 11.0 Å². The van der Waals surface area contributed by atoms with Gasteiger partial charge < -0.3 is 8.83 Å². The Labute approximate surface area is 91.0 Å². The predicted molar refractivity (Wildman–Crippen MR) is 63.3 cm³/mol. The van der Waals surface area contributed by atoms with Gasteiger partial charge in [0, 0.05) is 7.92 Å². The second kappa shape index (κ2) is 4.67. The minimum absolute atomic E-state index is 0.450. The molecule has 0 unspecified atom stereocenters. The molecule has 2 aromatic heterocycles. The van der Waals surface area contributed by atoms with Crippen molar-refractivity contribution in [1.29, 1.82) is 0 Å². The Morgan fingerprint density at radius 3 is 1.93 bits per heavy atom. The van der Waals surface area contributed by atoms with E-state index in [1.165, 1.54) is 0 Å². The van der Waals surface area contributed by atoms with Gasteiger partial charge in [0.2, 0.25) is 0 Å². The van der Waals surface area contributed by atoms with Gasteiger partial charge in [0.15, 0.2) is 0 Å². The summed E-state index contributed by atoms with van der Waals surface area (Å²) in [6.07, 6.45) is 4.57. The lowest BCUT2D eigenvalue weighted by atomic mass is 10.3. The zero-order chi connectivity index (χ0) is 10.7. The molecule has 3 heteroatoms. The molecule has 2 rings (SSSR count). The number of hydrogen-bond donors (Lipinski definition) is 0. The molecule has 0 N–H and O–H groups in total. The second-order valence-electron chi connectivity index (χ2n) is 3.91. The molecule has 2 heterocycles. The first-order chi connectivity index (χ1) is 7.27. The van der Waals surface area contributed by atoms with Gasteiger partial charge in [-0.3, -0.25) is 0 Å². The largest absolute Gasteiger partial charge is 0.464 e. The first-order valence-corrected chi connectivity index (χ1v) is 6.64. The lowest BCUT2D eigenvalue weighted by Gasteiger charge is -2.14. The van der Waals surface area contributed by atoms with E-state index in [-0.39, 0.29) is 0 Å². The van der Waals surface area contributed by atoms with Gasteiger partial charge in [-0.2, -0.15) is 0 Å². The quantitative estimate of drug-likeness (QED) is 0.743. The van der Waals surface area contributed by atoms with E-state index in [1.807, 2.05) is 24.3 Å². The van der Waals surface area contributed by atoms with E-state index < -0.39 is 7.92 Å². The fraction of sp³-hybridized carbons (Fsp3) is 0.333. The van der Waals surface area contributed by atoms with Crippen LogP contribution in [0.2, 0.25) is 0 Å². The molecule has 2 aromatic rings. The summed E-state index contributed by atoms with van der Waals surface area (Å²) in [6.45, 7) is 4.45. The Morgan fingerprint density at radius 1 is 1.07 bits per heavy atom. The monoisotopic (exact) mass is 222 g/mol. The summed E-state index contributed by atoms with van der Waals surface area (Å²) < 4.78 is 11.0. The molecule has 0 aromatic carbocycles. The summed E-state index contributed by atoms with van der Waals surface area (Å²) in [5.41, 5.74) is 2.10. The molecule has 2 nitrogen and oxygen atoms in total. The van der Waals surface area contributed by atoms with Crippen molar-refractivity contribution in [2.24, 2.45) is 5.92 Å². The fourth-order valence-corrected chi connectivity index (χ4v) is 3.72. The SMILES string of the molecule is CC(C)CP(c1ccco1)c1ccco1. The predicted octanol–water partition coefficient (Wildman–Crippen LogP) is 2.96. The van der Waals surface area contributed by atoms with Crippen LogP contribution in [-0.4, -0.2) is 6.16 Å². The highest BCUT2D eigenvalue weighted by Crippen LogP contribution is 2.35. The minimum Gasteiger partial charge on any atom is -0.464 e. The summed E-state index contributed by atoms with van der Waals surface area (Å²) in [5, 5.41) is 0. The van der Waals surface area contributed by atoms with Crippen LogP contribution >= 0.6 is 7.92 Å². The number of rotatable bonds is 4. The third-order valence-corrected chi connectivity index (χ3v) is 4.76. The highest BCUT2D eigenvalue weighted by molar-refractivity contribution is 7.72. The molecule has 0 aliphatic carbocycles. The molecular weight excluding hydrogens is 207 g/mol. The Kier molecular flexibility index (Phi) is 3.27. The molecule has 0 amide bonds. The van der Waals surface area contributed by atoms with Crippen molar-refractivity contribution in [1.82, 2.24) is 0 Å². The van der Waals surface area contributed by atoms with Gasteiger partial charge in [-0.25, -0.2) is 0 Å². The topological polar surface area (TPSA) is 26.3 Å². The normalized spacial score (nSPS) is 11.5. The Bertz CT molecular complexity index is 341. The Balaban J connectivity index is 2.25. The van der Waals surface area contributed by atoms with Crippen molar-refractivity contribution in [2.75, 3.05) is 6.16 Å². The third-order valence-electron chi connectivity index (χ3n) is 2.09. The van der Waals surface area contributed by atoms with Gasteiger partial charge in [-0.15, -0.1) is 0 Å². The van der Waals surface area contributed by atoms with Crippen molar-refractivity contribution in [3.63, 3.8) is 0 Å². The van der Waals surface area contributed by atoms with Crippen LogP contribution in [0.25, 0.3) is 0 Å². The van der Waals surface area contributed by atoms with Gasteiger partial charge in [0.25, 0.3) is 0 Å². The van der Waals surface area contributed by atoms with Gasteiger partial charge in [0.05, 0.1) is 12.5 Å². The highest BCUT2D eigenvalue weighted by atomic mass is 31.1. The maximum absolute atomic E-state index is 5.49. The molecule has 0 bridgehead atoms. The van der Waals surface area contributed by atoms with Crippen molar-refractivity contribution in [3.8, 4) is 0 Å². The molecule has 0 saturated carbocycles. The molecular formula is C12H15O2P. The first-order valence-electron chi connectivity index (χ1n) is 5.12. The molecule has 0 spiro atoms. The number of furan rings is 2. The van der Waals surface area contributed by atoms with Crippen molar-refractivity contribution in [2.45, 2.75) is 13.8 Å². The molecule has 0 atom stereocenters. The summed E-state index contributed by atoms with van der Waals surface area (Å²) in [4.78, 5) is 0. The van der Waals surface area contributed by atoms with E-state index >= 15 is 0 Å². The Morgan fingerprint density at radius 2 is 1.60 bits per heavy atom. The zero-order valence-corrected chi connectivity index (χ0v) is 9.91. The Hall–Kier alpha value is -1.01.